The topological polar surface area (TPSA) is 193 Å². The average molecular weight is 745 g/mol. The molecule has 4 heterocycles. The maximum absolute atomic E-state index is 13.8. The number of aromatic nitrogens is 4. The van der Waals surface area contributed by atoms with Crippen molar-refractivity contribution in [2.24, 2.45) is 5.14 Å². The number of primary sulfonamides is 1. The Morgan fingerprint density at radius 3 is 1.69 bits per heavy atom. The minimum absolute atomic E-state index is 0.0461. The maximum atomic E-state index is 13.8. The summed E-state index contributed by atoms with van der Waals surface area (Å²) in [5, 5.41) is 16.1. The van der Waals surface area contributed by atoms with E-state index < -0.39 is 25.6 Å². The van der Waals surface area contributed by atoms with E-state index in [-0.39, 0.29) is 41.3 Å². The molecule has 4 aromatic rings. The quantitative estimate of drug-likeness (QED) is 0.229. The molecule has 0 aliphatic carbocycles. The Kier molecular flexibility index (Phi) is 11.4. The first kappa shape index (κ1) is 37.8. The summed E-state index contributed by atoms with van der Waals surface area (Å²) in [4.78, 5) is 13.8. The minimum Gasteiger partial charge on any atom is -0.497 e. The number of sulfonamides is 2. The highest BCUT2D eigenvalue weighted by atomic mass is 32.2. The molecular formula is C33H44N8O8S2. The Morgan fingerprint density at radius 2 is 1.27 bits per heavy atom. The van der Waals surface area contributed by atoms with E-state index in [2.05, 4.69) is 15.5 Å². The zero-order valence-electron chi connectivity index (χ0n) is 29.2. The van der Waals surface area contributed by atoms with Crippen molar-refractivity contribution in [2.45, 2.75) is 61.6 Å². The SMILES string of the molecule is COc1ccc(CN(Cc2ccc(OC)cc2)S(=O)(=O)c2ccn(C3CN(C(=O)OC(C)(C)C)C3)n2)cc1.NS(=O)(=O)c1ccn(C2CNC2)n1. The molecule has 2 fully saturated rings. The number of amides is 1. The third-order valence-corrected chi connectivity index (χ3v) is 10.6. The van der Waals surface area contributed by atoms with Crippen molar-refractivity contribution in [1.82, 2.24) is 34.1 Å². The number of hydrogen-bond donors (Lipinski definition) is 2. The Bertz CT molecular complexity index is 1950. The zero-order chi connectivity index (χ0) is 37.0. The van der Waals surface area contributed by atoms with Crippen LogP contribution in [0, 0.1) is 0 Å². The molecule has 276 valence electrons. The highest BCUT2D eigenvalue weighted by Crippen LogP contribution is 2.26. The fraction of sp³-hybridized carbons (Fsp3) is 0.424. The molecular weight excluding hydrogens is 701 g/mol. The first-order valence-corrected chi connectivity index (χ1v) is 19.1. The number of carbonyl (C=O) groups is 1. The number of rotatable bonds is 11. The summed E-state index contributed by atoms with van der Waals surface area (Å²) in [7, 11) is -4.43. The van der Waals surface area contributed by atoms with Crippen LogP contribution in [0.5, 0.6) is 11.5 Å². The molecule has 2 aromatic heterocycles. The van der Waals surface area contributed by atoms with Crippen molar-refractivity contribution in [1.29, 1.82) is 0 Å². The van der Waals surface area contributed by atoms with Crippen LogP contribution >= 0.6 is 0 Å². The van der Waals surface area contributed by atoms with Gasteiger partial charge in [-0.3, -0.25) is 9.36 Å². The Morgan fingerprint density at radius 1 is 0.804 bits per heavy atom. The van der Waals surface area contributed by atoms with Gasteiger partial charge in [0.1, 0.15) is 17.1 Å². The summed E-state index contributed by atoms with van der Waals surface area (Å²) in [5.74, 6) is 1.39. The average Bonchev–Trinajstić information content (AvgIpc) is 3.71. The van der Waals surface area contributed by atoms with Crippen molar-refractivity contribution in [3.05, 3.63) is 84.2 Å². The largest absolute Gasteiger partial charge is 0.497 e. The van der Waals surface area contributed by atoms with Crippen LogP contribution in [-0.4, -0.2) is 97.7 Å². The molecule has 2 aromatic carbocycles. The van der Waals surface area contributed by atoms with Crippen molar-refractivity contribution in [3.63, 3.8) is 0 Å². The third kappa shape index (κ3) is 9.65. The predicted molar refractivity (Wildman–Crippen MR) is 187 cm³/mol. The molecule has 18 heteroatoms. The van der Waals surface area contributed by atoms with Gasteiger partial charge in [-0.25, -0.2) is 26.8 Å². The van der Waals surface area contributed by atoms with Gasteiger partial charge in [-0.1, -0.05) is 24.3 Å². The fourth-order valence-corrected chi connectivity index (χ4v) is 6.91. The molecule has 0 spiro atoms. The van der Waals surface area contributed by atoms with Gasteiger partial charge in [0, 0.05) is 51.7 Å². The van der Waals surface area contributed by atoms with E-state index in [1.807, 2.05) is 45.0 Å². The van der Waals surface area contributed by atoms with Gasteiger partial charge in [-0.2, -0.15) is 14.5 Å². The fourth-order valence-electron chi connectivity index (χ4n) is 5.12. The molecule has 51 heavy (non-hydrogen) atoms. The summed E-state index contributed by atoms with van der Waals surface area (Å²) in [6.07, 6.45) is 2.88. The van der Waals surface area contributed by atoms with Crippen LogP contribution in [0.1, 0.15) is 44.0 Å². The summed E-state index contributed by atoms with van der Waals surface area (Å²) >= 11 is 0. The van der Waals surface area contributed by atoms with Crippen LogP contribution in [0.4, 0.5) is 4.79 Å². The van der Waals surface area contributed by atoms with Crippen LogP contribution in [-0.2, 0) is 37.9 Å². The van der Waals surface area contributed by atoms with Gasteiger partial charge in [0.05, 0.1) is 26.3 Å². The molecule has 0 unspecified atom stereocenters. The highest BCUT2D eigenvalue weighted by molar-refractivity contribution is 7.89. The van der Waals surface area contributed by atoms with E-state index in [1.165, 1.54) is 16.4 Å². The number of benzene rings is 2. The molecule has 6 rings (SSSR count). The van der Waals surface area contributed by atoms with E-state index in [9.17, 15) is 21.6 Å². The number of nitrogens with two attached hydrogens (primary N) is 1. The Balaban J connectivity index is 0.000000323. The van der Waals surface area contributed by atoms with Crippen LogP contribution in [0.15, 0.2) is 83.1 Å². The second-order valence-corrected chi connectivity index (χ2v) is 16.5. The molecule has 0 saturated carbocycles. The van der Waals surface area contributed by atoms with E-state index in [0.29, 0.717) is 24.6 Å². The number of nitrogens with zero attached hydrogens (tertiary/aromatic N) is 6. The molecule has 1 amide bonds. The van der Waals surface area contributed by atoms with Gasteiger partial charge < -0.3 is 24.4 Å². The summed E-state index contributed by atoms with van der Waals surface area (Å²) in [6.45, 7) is 8.21. The lowest BCUT2D eigenvalue weighted by molar-refractivity contribution is -0.000551. The van der Waals surface area contributed by atoms with Crippen LogP contribution in [0.25, 0.3) is 0 Å². The van der Waals surface area contributed by atoms with Crippen molar-refractivity contribution >= 4 is 26.1 Å². The molecule has 16 nitrogen and oxygen atoms in total. The Labute approximate surface area is 298 Å². The van der Waals surface area contributed by atoms with Gasteiger partial charge in [0.2, 0.25) is 0 Å². The van der Waals surface area contributed by atoms with E-state index in [1.54, 1.807) is 65.1 Å². The number of nitrogens with one attached hydrogen (secondary N) is 1. The standard InChI is InChI=1S/C27H34N4O6S.C6H10N4O2S/c1-27(2,3)37-26(32)29-18-22(19-29)31-15-14-25(28-31)38(33,34)30(16-20-6-10-23(35-4)11-7-20)17-21-8-12-24(36-5)13-9-21;7-13(11,12)6-1-2-10(9-6)5-3-8-4-5/h6-15,22H,16-19H2,1-5H3;1-2,5,8H,3-4H2,(H2,7,11,12). The molecule has 0 atom stereocenters. The lowest BCUT2D eigenvalue weighted by Crippen LogP contribution is -2.52. The molecule has 0 bridgehead atoms. The number of methoxy groups -OCH3 is 2. The normalized spacial score (nSPS) is 15.4. The first-order chi connectivity index (χ1) is 24.1. The van der Waals surface area contributed by atoms with Gasteiger partial charge in [0.15, 0.2) is 10.1 Å². The lowest BCUT2D eigenvalue weighted by Gasteiger charge is -2.39. The van der Waals surface area contributed by atoms with Gasteiger partial charge in [-0.05, 0) is 68.3 Å². The monoisotopic (exact) mass is 744 g/mol. The van der Waals surface area contributed by atoms with E-state index in [0.717, 1.165) is 24.2 Å². The summed E-state index contributed by atoms with van der Waals surface area (Å²) < 4.78 is 69.7. The second kappa shape index (κ2) is 15.4. The number of ether oxygens (including phenoxy) is 3. The Hall–Kier alpha value is -4.49. The zero-order valence-corrected chi connectivity index (χ0v) is 30.8. The smallest absolute Gasteiger partial charge is 0.410 e. The van der Waals surface area contributed by atoms with Crippen LogP contribution in [0.2, 0.25) is 0 Å². The highest BCUT2D eigenvalue weighted by Gasteiger charge is 2.36. The molecule has 2 aliphatic rings. The lowest BCUT2D eigenvalue weighted by atomic mass is 10.1. The number of hydrogen-bond acceptors (Lipinski definition) is 11. The van der Waals surface area contributed by atoms with E-state index >= 15 is 0 Å². The first-order valence-electron chi connectivity index (χ1n) is 16.1. The predicted octanol–water partition coefficient (Wildman–Crippen LogP) is 2.76. The second-order valence-electron chi connectivity index (χ2n) is 13.1. The van der Waals surface area contributed by atoms with Gasteiger partial charge >= 0.3 is 6.09 Å². The van der Waals surface area contributed by atoms with Gasteiger partial charge in [-0.15, -0.1) is 0 Å². The van der Waals surface area contributed by atoms with Crippen LogP contribution in [0.3, 0.4) is 0 Å². The number of carbonyl (C=O) groups excluding carboxylic acids is 1. The van der Waals surface area contributed by atoms with Crippen LogP contribution < -0.4 is 19.9 Å². The van der Waals surface area contributed by atoms with Crippen molar-refractivity contribution < 1.29 is 35.8 Å². The molecule has 0 radical (unpaired) electrons. The summed E-state index contributed by atoms with van der Waals surface area (Å²) in [5.41, 5.74) is 1.05. The molecule has 2 saturated heterocycles. The molecule has 2 aliphatic heterocycles. The minimum atomic E-state index is -3.95. The maximum Gasteiger partial charge on any atom is 0.410 e. The van der Waals surface area contributed by atoms with Gasteiger partial charge in [0.25, 0.3) is 20.0 Å². The van der Waals surface area contributed by atoms with Crippen molar-refractivity contribution in [3.8, 4) is 11.5 Å². The number of likely N-dealkylation sites (tertiary alicyclic amines) is 1. The van der Waals surface area contributed by atoms with Crippen molar-refractivity contribution in [2.75, 3.05) is 40.4 Å². The van der Waals surface area contributed by atoms with E-state index in [4.69, 9.17) is 19.3 Å². The summed E-state index contributed by atoms with van der Waals surface area (Å²) in [6, 6.07) is 17.6. The molecule has 3 N–H and O–H groups in total. The third-order valence-electron chi connectivity index (χ3n) is 8.12.